The summed E-state index contributed by atoms with van der Waals surface area (Å²) in [7, 11) is 0. The van der Waals surface area contributed by atoms with Gasteiger partial charge in [0.25, 0.3) is 0 Å². The smallest absolute Gasteiger partial charge is 0.250 e. The van der Waals surface area contributed by atoms with Crippen LogP contribution in [0.3, 0.4) is 0 Å². The summed E-state index contributed by atoms with van der Waals surface area (Å²) < 4.78 is 1.67. The van der Waals surface area contributed by atoms with Gasteiger partial charge in [-0.1, -0.05) is 29.8 Å². The molecule has 4 nitrogen and oxygen atoms in total. The number of amides is 1. The number of rotatable bonds is 7. The molecule has 0 radical (unpaired) electrons. The molecule has 0 saturated heterocycles. The van der Waals surface area contributed by atoms with Crippen LogP contribution in [0, 0.1) is 0 Å². The van der Waals surface area contributed by atoms with Crippen LogP contribution in [0.4, 0.5) is 0 Å². The first-order chi connectivity index (χ1) is 11.1. The van der Waals surface area contributed by atoms with E-state index in [0.29, 0.717) is 18.1 Å². The summed E-state index contributed by atoms with van der Waals surface area (Å²) in [6.45, 7) is 1.25. The standard InChI is InChI=1S/C18H19ClN2O2/c19-16-9-6-15(7-10-16)8-11-17(22)20-12-2-4-14-21-13-3-1-5-18(21)23/h1,3,5-11,13H,2,4,12,14H2,(H,20,22). The van der Waals surface area contributed by atoms with E-state index in [1.54, 1.807) is 41.1 Å². The third-order valence-electron chi connectivity index (χ3n) is 3.32. The Hall–Kier alpha value is -2.33. The summed E-state index contributed by atoms with van der Waals surface area (Å²) in [5.41, 5.74) is 0.926. The van der Waals surface area contributed by atoms with Crippen molar-refractivity contribution in [1.29, 1.82) is 0 Å². The maximum absolute atomic E-state index is 11.7. The molecule has 0 aliphatic rings. The number of aromatic nitrogens is 1. The van der Waals surface area contributed by atoms with Gasteiger partial charge in [-0.15, -0.1) is 0 Å². The van der Waals surface area contributed by atoms with E-state index < -0.39 is 0 Å². The first kappa shape index (κ1) is 17.0. The molecule has 23 heavy (non-hydrogen) atoms. The van der Waals surface area contributed by atoms with Gasteiger partial charge in [0.05, 0.1) is 0 Å². The Morgan fingerprint density at radius 1 is 1.13 bits per heavy atom. The lowest BCUT2D eigenvalue weighted by atomic mass is 10.2. The van der Waals surface area contributed by atoms with Crippen molar-refractivity contribution in [3.63, 3.8) is 0 Å². The predicted octanol–water partition coefficient (Wildman–Crippen LogP) is 3.11. The van der Waals surface area contributed by atoms with E-state index in [1.165, 1.54) is 6.08 Å². The third kappa shape index (κ3) is 6.12. The molecule has 1 aromatic carbocycles. The minimum Gasteiger partial charge on any atom is -0.353 e. The van der Waals surface area contributed by atoms with E-state index in [4.69, 9.17) is 11.6 Å². The Labute approximate surface area is 140 Å². The maximum Gasteiger partial charge on any atom is 0.250 e. The highest BCUT2D eigenvalue weighted by Crippen LogP contribution is 2.10. The second kappa shape index (κ2) is 8.96. The van der Waals surface area contributed by atoms with Gasteiger partial charge in [0.1, 0.15) is 0 Å². The van der Waals surface area contributed by atoms with Crippen LogP contribution in [0.5, 0.6) is 0 Å². The first-order valence-corrected chi connectivity index (χ1v) is 7.90. The summed E-state index contributed by atoms with van der Waals surface area (Å²) in [6.07, 6.45) is 6.68. The van der Waals surface area contributed by atoms with Crippen molar-refractivity contribution in [2.75, 3.05) is 6.54 Å². The fourth-order valence-corrected chi connectivity index (χ4v) is 2.19. The van der Waals surface area contributed by atoms with Gasteiger partial charge >= 0.3 is 0 Å². The third-order valence-corrected chi connectivity index (χ3v) is 3.57. The zero-order valence-corrected chi connectivity index (χ0v) is 13.5. The molecule has 1 heterocycles. The Balaban J connectivity index is 1.66. The number of benzene rings is 1. The summed E-state index contributed by atoms with van der Waals surface area (Å²) in [5, 5.41) is 3.50. The molecule has 0 fully saturated rings. The highest BCUT2D eigenvalue weighted by Gasteiger charge is 1.97. The average Bonchev–Trinajstić information content (AvgIpc) is 2.55. The maximum atomic E-state index is 11.7. The van der Waals surface area contributed by atoms with Gasteiger partial charge in [-0.25, -0.2) is 0 Å². The van der Waals surface area contributed by atoms with Crippen LogP contribution in [0.2, 0.25) is 5.02 Å². The Morgan fingerprint density at radius 3 is 2.65 bits per heavy atom. The van der Waals surface area contributed by atoms with E-state index >= 15 is 0 Å². The van der Waals surface area contributed by atoms with Crippen molar-refractivity contribution in [3.05, 3.63) is 75.7 Å². The molecule has 0 aliphatic carbocycles. The average molecular weight is 331 g/mol. The lowest BCUT2D eigenvalue weighted by Crippen LogP contribution is -2.23. The van der Waals surface area contributed by atoms with Gasteiger partial charge in [-0.05, 0) is 42.7 Å². The zero-order valence-electron chi connectivity index (χ0n) is 12.7. The fraction of sp³-hybridized carbons (Fsp3) is 0.222. The zero-order chi connectivity index (χ0) is 16.5. The second-order valence-electron chi connectivity index (χ2n) is 5.12. The predicted molar refractivity (Wildman–Crippen MR) is 93.4 cm³/mol. The molecule has 0 aliphatic heterocycles. The quantitative estimate of drug-likeness (QED) is 0.626. The van der Waals surface area contributed by atoms with Crippen molar-refractivity contribution < 1.29 is 4.79 Å². The van der Waals surface area contributed by atoms with Crippen LogP contribution in [0.1, 0.15) is 18.4 Å². The molecule has 1 aromatic heterocycles. The van der Waals surface area contributed by atoms with Gasteiger partial charge in [-0.3, -0.25) is 9.59 Å². The Bertz CT molecular complexity index is 720. The highest BCUT2D eigenvalue weighted by molar-refractivity contribution is 6.30. The van der Waals surface area contributed by atoms with E-state index in [-0.39, 0.29) is 11.5 Å². The van der Waals surface area contributed by atoms with Gasteiger partial charge in [-0.2, -0.15) is 0 Å². The monoisotopic (exact) mass is 330 g/mol. The molecule has 120 valence electrons. The number of carbonyl (C=O) groups is 1. The molecule has 1 amide bonds. The number of nitrogens with zero attached hydrogens (tertiary/aromatic N) is 1. The van der Waals surface area contributed by atoms with E-state index in [2.05, 4.69) is 5.32 Å². The Kier molecular flexibility index (Phi) is 6.63. The molecule has 0 saturated carbocycles. The summed E-state index contributed by atoms with van der Waals surface area (Å²) >= 11 is 5.80. The van der Waals surface area contributed by atoms with Crippen molar-refractivity contribution >= 4 is 23.6 Å². The fourth-order valence-electron chi connectivity index (χ4n) is 2.07. The minimum absolute atomic E-state index is 0.00225. The summed E-state index contributed by atoms with van der Waals surface area (Å²) in [4.78, 5) is 23.2. The number of nitrogens with one attached hydrogen (secondary N) is 1. The largest absolute Gasteiger partial charge is 0.353 e. The number of unbranched alkanes of at least 4 members (excludes halogenated alkanes) is 1. The van der Waals surface area contributed by atoms with Crippen LogP contribution in [-0.2, 0) is 11.3 Å². The van der Waals surface area contributed by atoms with Crippen LogP contribution in [0.25, 0.3) is 6.08 Å². The number of hydrogen-bond donors (Lipinski definition) is 1. The number of aryl methyl sites for hydroxylation is 1. The normalized spacial score (nSPS) is 10.8. The van der Waals surface area contributed by atoms with Crippen LogP contribution >= 0.6 is 11.6 Å². The molecule has 5 heteroatoms. The molecular weight excluding hydrogens is 312 g/mol. The second-order valence-corrected chi connectivity index (χ2v) is 5.55. The van der Waals surface area contributed by atoms with E-state index in [9.17, 15) is 9.59 Å². The van der Waals surface area contributed by atoms with E-state index in [1.807, 2.05) is 18.2 Å². The molecule has 2 rings (SSSR count). The van der Waals surface area contributed by atoms with Gasteiger partial charge < -0.3 is 9.88 Å². The molecule has 0 bridgehead atoms. The summed E-state index contributed by atoms with van der Waals surface area (Å²) in [5.74, 6) is -0.128. The molecule has 1 N–H and O–H groups in total. The first-order valence-electron chi connectivity index (χ1n) is 7.52. The van der Waals surface area contributed by atoms with Crippen molar-refractivity contribution in [3.8, 4) is 0 Å². The number of halogens is 1. The molecular formula is C18H19ClN2O2. The number of pyridine rings is 1. The lowest BCUT2D eigenvalue weighted by Gasteiger charge is -2.05. The number of hydrogen-bond acceptors (Lipinski definition) is 2. The van der Waals surface area contributed by atoms with Crippen molar-refractivity contribution in [2.45, 2.75) is 19.4 Å². The van der Waals surface area contributed by atoms with Crippen LogP contribution in [0.15, 0.2) is 59.5 Å². The van der Waals surface area contributed by atoms with Gasteiger partial charge in [0, 0.05) is 36.5 Å². The van der Waals surface area contributed by atoms with Crippen LogP contribution in [-0.4, -0.2) is 17.0 Å². The van der Waals surface area contributed by atoms with Crippen molar-refractivity contribution in [2.24, 2.45) is 0 Å². The molecule has 2 aromatic rings. The Morgan fingerprint density at radius 2 is 1.91 bits per heavy atom. The molecule has 0 unspecified atom stereocenters. The minimum atomic E-state index is -0.128. The topological polar surface area (TPSA) is 51.1 Å². The molecule has 0 atom stereocenters. The molecule has 0 spiro atoms. The van der Waals surface area contributed by atoms with Gasteiger partial charge in [0.15, 0.2) is 0 Å². The summed E-state index contributed by atoms with van der Waals surface area (Å²) in [6, 6.07) is 12.4. The van der Waals surface area contributed by atoms with Gasteiger partial charge in [0.2, 0.25) is 11.5 Å². The van der Waals surface area contributed by atoms with E-state index in [0.717, 1.165) is 18.4 Å². The lowest BCUT2D eigenvalue weighted by molar-refractivity contribution is -0.116. The van der Waals surface area contributed by atoms with Crippen LogP contribution < -0.4 is 10.9 Å². The van der Waals surface area contributed by atoms with Crippen molar-refractivity contribution in [1.82, 2.24) is 9.88 Å². The number of carbonyl (C=O) groups excluding carboxylic acids is 1. The SMILES string of the molecule is O=C(C=Cc1ccc(Cl)cc1)NCCCCn1ccccc1=O. The highest BCUT2D eigenvalue weighted by atomic mass is 35.5.